The fraction of sp³-hybridized carbons (Fsp3) is 0.500. The van der Waals surface area contributed by atoms with E-state index in [1.807, 2.05) is 28.9 Å². The van der Waals surface area contributed by atoms with Crippen molar-refractivity contribution in [2.45, 2.75) is 39.3 Å². The molecule has 124 valence electrons. The molecule has 23 heavy (non-hydrogen) atoms. The molecule has 0 bridgehead atoms. The van der Waals surface area contributed by atoms with Gasteiger partial charge in [0.05, 0.1) is 11.4 Å². The second-order valence-electron chi connectivity index (χ2n) is 6.40. The third-order valence-corrected chi connectivity index (χ3v) is 5.06. The third-order valence-electron chi connectivity index (χ3n) is 4.81. The second kappa shape index (κ2) is 7.04. The summed E-state index contributed by atoms with van der Waals surface area (Å²) in [6, 6.07) is 8.47. The van der Waals surface area contributed by atoms with Gasteiger partial charge < -0.3 is 5.32 Å². The van der Waals surface area contributed by atoms with Crippen molar-refractivity contribution in [2.24, 2.45) is 0 Å². The number of piperidine rings is 1. The minimum absolute atomic E-state index is 0.607. The van der Waals surface area contributed by atoms with Crippen LogP contribution in [-0.2, 0) is 6.54 Å². The molecule has 1 saturated heterocycles. The summed E-state index contributed by atoms with van der Waals surface area (Å²) in [5.74, 6) is 0. The number of aryl methyl sites for hydroxylation is 1. The van der Waals surface area contributed by atoms with Gasteiger partial charge in [0.15, 0.2) is 0 Å². The van der Waals surface area contributed by atoms with Crippen molar-refractivity contribution in [1.82, 2.24) is 20.0 Å². The molecule has 3 rings (SSSR count). The van der Waals surface area contributed by atoms with Gasteiger partial charge in [-0.15, -0.1) is 0 Å². The average molecular weight is 333 g/mol. The summed E-state index contributed by atoms with van der Waals surface area (Å²) in [4.78, 5) is 2.54. The number of halogens is 1. The number of nitrogens with one attached hydrogen (secondary N) is 1. The Morgan fingerprint density at radius 3 is 2.70 bits per heavy atom. The van der Waals surface area contributed by atoms with Crippen molar-refractivity contribution in [2.75, 3.05) is 20.1 Å². The van der Waals surface area contributed by atoms with Crippen molar-refractivity contribution >= 4 is 11.6 Å². The van der Waals surface area contributed by atoms with Crippen molar-refractivity contribution in [1.29, 1.82) is 0 Å². The fourth-order valence-electron chi connectivity index (χ4n) is 3.40. The van der Waals surface area contributed by atoms with Crippen LogP contribution in [0.2, 0.25) is 5.02 Å². The maximum absolute atomic E-state index is 5.99. The molecule has 5 heteroatoms. The predicted molar refractivity (Wildman–Crippen MR) is 95.4 cm³/mol. The van der Waals surface area contributed by atoms with Crippen LogP contribution in [-0.4, -0.2) is 40.9 Å². The lowest BCUT2D eigenvalue weighted by Gasteiger charge is -2.32. The fourth-order valence-corrected chi connectivity index (χ4v) is 3.52. The predicted octanol–water partition coefficient (Wildman–Crippen LogP) is 3.33. The van der Waals surface area contributed by atoms with Crippen LogP contribution in [0.5, 0.6) is 0 Å². The monoisotopic (exact) mass is 332 g/mol. The SMILES string of the molecule is CNC1CCCN(Cc2c(C)nn(-c3ccc(Cl)cc3)c2C)C1. The minimum Gasteiger partial charge on any atom is -0.316 e. The Morgan fingerprint density at radius 1 is 1.26 bits per heavy atom. The lowest BCUT2D eigenvalue weighted by Crippen LogP contribution is -2.44. The molecule has 0 aliphatic carbocycles. The Morgan fingerprint density at radius 2 is 2.00 bits per heavy atom. The summed E-state index contributed by atoms with van der Waals surface area (Å²) in [5, 5.41) is 8.91. The van der Waals surface area contributed by atoms with Crippen LogP contribution in [0.1, 0.15) is 29.8 Å². The van der Waals surface area contributed by atoms with Gasteiger partial charge in [-0.3, -0.25) is 4.90 Å². The molecule has 2 heterocycles. The molecule has 1 atom stereocenters. The van der Waals surface area contributed by atoms with E-state index in [1.54, 1.807) is 0 Å². The molecule has 0 spiro atoms. The van der Waals surface area contributed by atoms with Crippen molar-refractivity contribution in [3.05, 3.63) is 46.2 Å². The van der Waals surface area contributed by atoms with Crippen LogP contribution in [0.4, 0.5) is 0 Å². The quantitative estimate of drug-likeness (QED) is 0.932. The first-order valence-electron chi connectivity index (χ1n) is 8.29. The van der Waals surface area contributed by atoms with Crippen LogP contribution in [0.3, 0.4) is 0 Å². The first kappa shape index (κ1) is 16.5. The molecule has 0 radical (unpaired) electrons. The van der Waals surface area contributed by atoms with E-state index < -0.39 is 0 Å². The Hall–Kier alpha value is -1.36. The molecule has 1 N–H and O–H groups in total. The highest BCUT2D eigenvalue weighted by Gasteiger charge is 2.21. The van der Waals surface area contributed by atoms with Gasteiger partial charge in [0.25, 0.3) is 0 Å². The summed E-state index contributed by atoms with van der Waals surface area (Å²) in [6.45, 7) is 7.52. The standard InChI is InChI=1S/C18H25ClN4/c1-13-18(12-22-10-4-5-16(11-22)20-3)14(2)23(21-13)17-8-6-15(19)7-9-17/h6-9,16,20H,4-5,10-12H2,1-3H3. The van der Waals surface area contributed by atoms with Crippen LogP contribution < -0.4 is 5.32 Å². The topological polar surface area (TPSA) is 33.1 Å². The molecule has 2 aromatic rings. The number of rotatable bonds is 4. The van der Waals surface area contributed by atoms with Gasteiger partial charge in [-0.2, -0.15) is 5.10 Å². The van der Waals surface area contributed by atoms with E-state index >= 15 is 0 Å². The highest BCUT2D eigenvalue weighted by atomic mass is 35.5. The highest BCUT2D eigenvalue weighted by molar-refractivity contribution is 6.30. The lowest BCUT2D eigenvalue weighted by atomic mass is 10.0. The molecular formula is C18H25ClN4. The summed E-state index contributed by atoms with van der Waals surface area (Å²) >= 11 is 5.99. The minimum atomic E-state index is 0.607. The van der Waals surface area contributed by atoms with Gasteiger partial charge in [0, 0.05) is 35.4 Å². The van der Waals surface area contributed by atoms with Crippen LogP contribution in [0, 0.1) is 13.8 Å². The van der Waals surface area contributed by atoms with Crippen molar-refractivity contribution < 1.29 is 0 Å². The summed E-state index contributed by atoms with van der Waals surface area (Å²) in [5.41, 5.74) is 4.74. The smallest absolute Gasteiger partial charge is 0.0649 e. The molecule has 1 unspecified atom stereocenters. The van der Waals surface area contributed by atoms with Crippen LogP contribution in [0.15, 0.2) is 24.3 Å². The summed E-state index contributed by atoms with van der Waals surface area (Å²) in [6.07, 6.45) is 2.53. The molecule has 1 aliphatic rings. The lowest BCUT2D eigenvalue weighted by molar-refractivity contribution is 0.187. The first-order valence-corrected chi connectivity index (χ1v) is 8.67. The average Bonchev–Trinajstić information content (AvgIpc) is 2.84. The van der Waals surface area contributed by atoms with Crippen LogP contribution in [0.25, 0.3) is 5.69 Å². The van der Waals surface area contributed by atoms with Gasteiger partial charge in [-0.05, 0) is 64.5 Å². The number of hydrogen-bond acceptors (Lipinski definition) is 3. The molecule has 1 aliphatic heterocycles. The van der Waals surface area contributed by atoms with Gasteiger partial charge >= 0.3 is 0 Å². The van der Waals surface area contributed by atoms with E-state index in [0.29, 0.717) is 6.04 Å². The Kier molecular flexibility index (Phi) is 5.05. The van der Waals surface area contributed by atoms with Crippen LogP contribution >= 0.6 is 11.6 Å². The van der Waals surface area contributed by atoms with Crippen molar-refractivity contribution in [3.63, 3.8) is 0 Å². The number of likely N-dealkylation sites (N-methyl/N-ethyl adjacent to an activating group) is 1. The van der Waals surface area contributed by atoms with Gasteiger partial charge in [0.1, 0.15) is 0 Å². The normalized spacial score (nSPS) is 19.2. The highest BCUT2D eigenvalue weighted by Crippen LogP contribution is 2.22. The van der Waals surface area contributed by atoms with E-state index in [2.05, 4.69) is 31.1 Å². The van der Waals surface area contributed by atoms with E-state index in [9.17, 15) is 0 Å². The molecule has 0 amide bonds. The zero-order valence-electron chi connectivity index (χ0n) is 14.1. The molecule has 1 aromatic carbocycles. The summed E-state index contributed by atoms with van der Waals surface area (Å²) < 4.78 is 2.03. The number of hydrogen-bond donors (Lipinski definition) is 1. The molecule has 1 fully saturated rings. The molecular weight excluding hydrogens is 308 g/mol. The van der Waals surface area contributed by atoms with E-state index in [-0.39, 0.29) is 0 Å². The Bertz CT molecular complexity index is 662. The molecule has 4 nitrogen and oxygen atoms in total. The second-order valence-corrected chi connectivity index (χ2v) is 6.84. The maximum Gasteiger partial charge on any atom is 0.0649 e. The van der Waals surface area contributed by atoms with E-state index in [4.69, 9.17) is 16.7 Å². The number of nitrogens with zero attached hydrogens (tertiary/aromatic N) is 3. The molecule has 0 saturated carbocycles. The Balaban J connectivity index is 1.82. The number of benzene rings is 1. The maximum atomic E-state index is 5.99. The van der Waals surface area contributed by atoms with E-state index in [0.717, 1.165) is 29.5 Å². The van der Waals surface area contributed by atoms with Gasteiger partial charge in [-0.1, -0.05) is 11.6 Å². The Labute approximate surface area is 143 Å². The summed E-state index contributed by atoms with van der Waals surface area (Å²) in [7, 11) is 2.06. The van der Waals surface area contributed by atoms with E-state index in [1.165, 1.54) is 30.6 Å². The largest absolute Gasteiger partial charge is 0.316 e. The number of aromatic nitrogens is 2. The van der Waals surface area contributed by atoms with Crippen molar-refractivity contribution in [3.8, 4) is 5.69 Å². The third kappa shape index (κ3) is 3.60. The first-order chi connectivity index (χ1) is 11.1. The zero-order chi connectivity index (χ0) is 16.4. The number of likely N-dealkylation sites (tertiary alicyclic amines) is 1. The van der Waals surface area contributed by atoms with Gasteiger partial charge in [0.2, 0.25) is 0 Å². The van der Waals surface area contributed by atoms with Gasteiger partial charge in [-0.25, -0.2) is 4.68 Å². The zero-order valence-corrected chi connectivity index (χ0v) is 14.9. The molecule has 1 aromatic heterocycles.